The number of esters is 1. The lowest BCUT2D eigenvalue weighted by molar-refractivity contribution is -0.402. The number of unbranched alkanes of at least 4 members (excludes halogenated alkanes) is 1. The zero-order chi connectivity index (χ0) is 7.98. The minimum Gasteiger partial charge on any atom is -0.461 e. The van der Waals surface area contributed by atoms with Crippen molar-refractivity contribution >= 4 is 5.97 Å². The van der Waals surface area contributed by atoms with Gasteiger partial charge in [0.25, 0.3) is 0 Å². The van der Waals surface area contributed by atoms with Gasteiger partial charge in [-0.15, -0.1) is 0 Å². The molecule has 0 spiro atoms. The number of quaternary nitrogens is 1. The van der Waals surface area contributed by atoms with E-state index in [1.165, 1.54) is 0 Å². The van der Waals surface area contributed by atoms with E-state index in [2.05, 4.69) is 12.7 Å². The first kappa shape index (κ1) is 9.43. The van der Waals surface area contributed by atoms with Gasteiger partial charge in [0, 0.05) is 0 Å². The summed E-state index contributed by atoms with van der Waals surface area (Å²) in [5.41, 5.74) is 3.54. The maximum atomic E-state index is 10.7. The Balaban J connectivity index is 3.22. The molecule has 0 saturated carbocycles. The van der Waals surface area contributed by atoms with Crippen LogP contribution in [0.3, 0.4) is 0 Å². The van der Waals surface area contributed by atoms with Gasteiger partial charge in [-0.3, -0.25) is 0 Å². The van der Waals surface area contributed by atoms with Crippen LogP contribution in [0.5, 0.6) is 0 Å². The predicted molar refractivity (Wildman–Crippen MR) is 38.2 cm³/mol. The van der Waals surface area contributed by atoms with E-state index in [9.17, 15) is 4.79 Å². The summed E-state index contributed by atoms with van der Waals surface area (Å²) in [5.74, 6) is -0.201. The van der Waals surface area contributed by atoms with Crippen molar-refractivity contribution in [1.82, 2.24) is 0 Å². The van der Waals surface area contributed by atoms with Crippen molar-refractivity contribution in [3.8, 4) is 0 Å². The van der Waals surface area contributed by atoms with Crippen LogP contribution in [0.1, 0.15) is 26.7 Å². The minimum absolute atomic E-state index is 0.201. The Kier molecular flexibility index (Phi) is 4.94. The fourth-order valence-corrected chi connectivity index (χ4v) is 0.459. The van der Waals surface area contributed by atoms with Gasteiger partial charge in [-0.2, -0.15) is 0 Å². The van der Waals surface area contributed by atoms with Crippen LogP contribution in [-0.2, 0) is 9.53 Å². The molecule has 3 nitrogen and oxygen atoms in total. The molecule has 0 bridgehead atoms. The molecule has 0 rings (SSSR count). The third-order valence-corrected chi connectivity index (χ3v) is 1.14. The summed E-state index contributed by atoms with van der Waals surface area (Å²) in [5, 5.41) is 0. The van der Waals surface area contributed by atoms with Crippen LogP contribution >= 0.6 is 0 Å². The molecule has 10 heavy (non-hydrogen) atoms. The minimum atomic E-state index is -0.239. The topological polar surface area (TPSA) is 53.9 Å². The Morgan fingerprint density at radius 1 is 1.70 bits per heavy atom. The molecule has 0 fully saturated rings. The lowest BCUT2D eigenvalue weighted by Crippen LogP contribution is -2.63. The van der Waals surface area contributed by atoms with Crippen LogP contribution in [-0.4, -0.2) is 18.6 Å². The first-order chi connectivity index (χ1) is 4.68. The van der Waals surface area contributed by atoms with Crippen LogP contribution in [0, 0.1) is 0 Å². The molecule has 0 aromatic heterocycles. The number of carbonyl (C=O) groups excluding carboxylic acids is 1. The number of ether oxygens (including phenoxy) is 1. The van der Waals surface area contributed by atoms with Gasteiger partial charge in [-0.1, -0.05) is 13.3 Å². The molecule has 0 aliphatic heterocycles. The fraction of sp³-hybridized carbons (Fsp3) is 0.857. The first-order valence-electron chi connectivity index (χ1n) is 3.68. The van der Waals surface area contributed by atoms with Crippen molar-refractivity contribution in [2.24, 2.45) is 0 Å². The molecule has 0 unspecified atom stereocenters. The van der Waals surface area contributed by atoms with Crippen molar-refractivity contribution in [3.05, 3.63) is 0 Å². The predicted octanol–water partition coefficient (Wildman–Crippen LogP) is -0.0399. The molecular formula is C7H16NO2+. The zero-order valence-corrected chi connectivity index (χ0v) is 6.72. The maximum absolute atomic E-state index is 10.7. The number of hydrogen-bond acceptors (Lipinski definition) is 2. The van der Waals surface area contributed by atoms with Crippen LogP contribution in [0.15, 0.2) is 0 Å². The van der Waals surface area contributed by atoms with Gasteiger partial charge in [0.1, 0.15) is 0 Å². The summed E-state index contributed by atoms with van der Waals surface area (Å²) in [6.45, 7) is 4.32. The number of rotatable bonds is 4. The Morgan fingerprint density at radius 3 is 2.70 bits per heavy atom. The summed E-state index contributed by atoms with van der Waals surface area (Å²) in [6, 6.07) is -0.239. The van der Waals surface area contributed by atoms with Crippen LogP contribution in [0.4, 0.5) is 0 Å². The third kappa shape index (κ3) is 4.32. The molecule has 0 aliphatic rings. The van der Waals surface area contributed by atoms with Gasteiger partial charge >= 0.3 is 5.97 Å². The van der Waals surface area contributed by atoms with E-state index >= 15 is 0 Å². The summed E-state index contributed by atoms with van der Waals surface area (Å²) in [4.78, 5) is 10.7. The fourth-order valence-electron chi connectivity index (χ4n) is 0.459. The molecule has 0 amide bonds. The third-order valence-electron chi connectivity index (χ3n) is 1.14. The average Bonchev–Trinajstić information content (AvgIpc) is 1.88. The summed E-state index contributed by atoms with van der Waals surface area (Å²) < 4.78 is 4.84. The highest BCUT2D eigenvalue weighted by atomic mass is 16.5. The van der Waals surface area contributed by atoms with Crippen LogP contribution in [0.2, 0.25) is 0 Å². The van der Waals surface area contributed by atoms with E-state index in [0.717, 1.165) is 12.8 Å². The second-order valence-corrected chi connectivity index (χ2v) is 2.42. The van der Waals surface area contributed by atoms with Gasteiger partial charge in [-0.25, -0.2) is 4.79 Å². The van der Waals surface area contributed by atoms with Crippen molar-refractivity contribution in [3.63, 3.8) is 0 Å². The van der Waals surface area contributed by atoms with E-state index in [1.54, 1.807) is 6.92 Å². The van der Waals surface area contributed by atoms with E-state index in [-0.39, 0.29) is 12.0 Å². The lowest BCUT2D eigenvalue weighted by Gasteiger charge is -2.02. The molecule has 0 heterocycles. The highest BCUT2D eigenvalue weighted by Gasteiger charge is 2.10. The Hall–Kier alpha value is -0.570. The van der Waals surface area contributed by atoms with Crippen molar-refractivity contribution in [2.75, 3.05) is 6.61 Å². The van der Waals surface area contributed by atoms with E-state index in [0.29, 0.717) is 6.61 Å². The summed E-state index contributed by atoms with van der Waals surface area (Å²) in [6.07, 6.45) is 2.00. The summed E-state index contributed by atoms with van der Waals surface area (Å²) in [7, 11) is 0. The second-order valence-electron chi connectivity index (χ2n) is 2.42. The molecular weight excluding hydrogens is 130 g/mol. The van der Waals surface area contributed by atoms with Crippen LogP contribution < -0.4 is 5.73 Å². The number of carbonyl (C=O) groups is 1. The normalized spacial score (nSPS) is 12.7. The highest BCUT2D eigenvalue weighted by molar-refractivity contribution is 5.73. The monoisotopic (exact) mass is 146 g/mol. The molecule has 0 aliphatic carbocycles. The zero-order valence-electron chi connectivity index (χ0n) is 6.72. The van der Waals surface area contributed by atoms with E-state index in [1.807, 2.05) is 0 Å². The molecule has 0 saturated heterocycles. The van der Waals surface area contributed by atoms with Gasteiger partial charge in [0.05, 0.1) is 6.61 Å². The maximum Gasteiger partial charge on any atom is 0.364 e. The average molecular weight is 146 g/mol. The van der Waals surface area contributed by atoms with E-state index in [4.69, 9.17) is 4.74 Å². The quantitative estimate of drug-likeness (QED) is 0.447. The standard InChI is InChI=1S/C7H15NO2/c1-3-4-5-10-7(9)6(2)8/h6H,3-5,8H2,1-2H3/p+1/t6-/m0/s1. The van der Waals surface area contributed by atoms with Crippen molar-refractivity contribution in [2.45, 2.75) is 32.7 Å². The molecule has 3 heteroatoms. The van der Waals surface area contributed by atoms with Crippen LogP contribution in [0.25, 0.3) is 0 Å². The SMILES string of the molecule is CCCCOC(=O)[C@H](C)[NH3+]. The molecule has 3 N–H and O–H groups in total. The molecule has 0 aromatic rings. The number of hydrogen-bond donors (Lipinski definition) is 1. The van der Waals surface area contributed by atoms with E-state index < -0.39 is 0 Å². The first-order valence-corrected chi connectivity index (χ1v) is 3.68. The molecule has 60 valence electrons. The second kappa shape index (κ2) is 5.23. The van der Waals surface area contributed by atoms with Gasteiger partial charge in [0.2, 0.25) is 0 Å². The van der Waals surface area contributed by atoms with Gasteiger partial charge in [-0.05, 0) is 13.3 Å². The summed E-state index contributed by atoms with van der Waals surface area (Å²) >= 11 is 0. The highest BCUT2D eigenvalue weighted by Crippen LogP contribution is 1.89. The Morgan fingerprint density at radius 2 is 2.30 bits per heavy atom. The van der Waals surface area contributed by atoms with Crippen molar-refractivity contribution < 1.29 is 15.3 Å². The lowest BCUT2D eigenvalue weighted by atomic mass is 10.3. The molecule has 1 atom stereocenters. The Bertz CT molecular complexity index is 102. The van der Waals surface area contributed by atoms with Gasteiger partial charge in [0.15, 0.2) is 6.04 Å². The smallest absolute Gasteiger partial charge is 0.364 e. The Labute approximate surface area is 61.5 Å². The van der Waals surface area contributed by atoms with Crippen molar-refractivity contribution in [1.29, 1.82) is 0 Å². The molecule has 0 aromatic carbocycles. The van der Waals surface area contributed by atoms with Gasteiger partial charge < -0.3 is 10.5 Å². The molecule has 0 radical (unpaired) electrons. The largest absolute Gasteiger partial charge is 0.461 e.